The Bertz CT molecular complexity index is 1270. The molecule has 0 heterocycles. The van der Waals surface area contributed by atoms with Gasteiger partial charge in [0.25, 0.3) is 0 Å². The molecule has 0 saturated carbocycles. The average molecular weight is 1190 g/mol. The zero-order valence-electron chi connectivity index (χ0n) is 57.4. The second kappa shape index (κ2) is 74.1. The topological polar surface area (TPSA) is 95.9 Å². The van der Waals surface area contributed by atoms with Gasteiger partial charge in [-0.3, -0.25) is 9.59 Å². The van der Waals surface area contributed by atoms with Crippen LogP contribution in [0.5, 0.6) is 0 Å². The van der Waals surface area contributed by atoms with Crippen LogP contribution in [0.15, 0.2) is 12.2 Å². The first-order chi connectivity index (χ1) is 41.5. The van der Waals surface area contributed by atoms with Crippen LogP contribution in [-0.2, 0) is 14.3 Å². The van der Waals surface area contributed by atoms with Crippen LogP contribution >= 0.6 is 0 Å². The number of carbonyl (C=O) groups is 2. The van der Waals surface area contributed by atoms with Crippen LogP contribution in [0.1, 0.15) is 450 Å². The third-order valence-electron chi connectivity index (χ3n) is 18.6. The molecule has 0 rings (SSSR count). The largest absolute Gasteiger partial charge is 0.466 e. The molecule has 6 heteroatoms. The highest BCUT2D eigenvalue weighted by atomic mass is 16.5. The van der Waals surface area contributed by atoms with Crippen molar-refractivity contribution in [2.45, 2.75) is 463 Å². The summed E-state index contributed by atoms with van der Waals surface area (Å²) in [6.07, 6.45) is 93.0. The Morgan fingerprint density at radius 3 is 0.845 bits per heavy atom. The van der Waals surface area contributed by atoms with Crippen molar-refractivity contribution in [1.29, 1.82) is 0 Å². The molecule has 500 valence electrons. The van der Waals surface area contributed by atoms with Gasteiger partial charge in [-0.25, -0.2) is 0 Å². The molecule has 1 amide bonds. The first-order valence-corrected chi connectivity index (χ1v) is 38.9. The number of hydrogen-bond donors (Lipinski definition) is 3. The molecule has 0 saturated heterocycles. The zero-order chi connectivity index (χ0) is 60.6. The van der Waals surface area contributed by atoms with E-state index in [-0.39, 0.29) is 18.5 Å². The van der Waals surface area contributed by atoms with Crippen molar-refractivity contribution in [2.75, 3.05) is 13.2 Å². The molecular weight excluding hydrogens is 1030 g/mol. The summed E-state index contributed by atoms with van der Waals surface area (Å²) in [6.45, 7) is 5.01. The van der Waals surface area contributed by atoms with Gasteiger partial charge in [0.1, 0.15) is 0 Å². The number of carbonyl (C=O) groups excluding carboxylic acids is 2. The van der Waals surface area contributed by atoms with E-state index < -0.39 is 12.1 Å². The van der Waals surface area contributed by atoms with Gasteiger partial charge in [0, 0.05) is 12.8 Å². The lowest BCUT2D eigenvalue weighted by Crippen LogP contribution is -2.45. The summed E-state index contributed by atoms with van der Waals surface area (Å²) in [4.78, 5) is 24.6. The normalized spacial score (nSPS) is 12.5. The van der Waals surface area contributed by atoms with Crippen LogP contribution in [0.25, 0.3) is 0 Å². The Morgan fingerprint density at radius 1 is 0.321 bits per heavy atom. The number of rotatable bonds is 74. The van der Waals surface area contributed by atoms with E-state index >= 15 is 0 Å². The lowest BCUT2D eigenvalue weighted by Gasteiger charge is -2.22. The van der Waals surface area contributed by atoms with Gasteiger partial charge in [-0.05, 0) is 51.4 Å². The quantitative estimate of drug-likeness (QED) is 0.0320. The molecule has 0 aliphatic rings. The maximum Gasteiger partial charge on any atom is 0.305 e. The molecule has 0 fully saturated rings. The fourth-order valence-electron chi connectivity index (χ4n) is 12.6. The van der Waals surface area contributed by atoms with E-state index in [0.717, 1.165) is 38.5 Å². The van der Waals surface area contributed by atoms with E-state index in [4.69, 9.17) is 4.74 Å². The lowest BCUT2D eigenvalue weighted by molar-refractivity contribution is -0.143. The monoisotopic (exact) mass is 1180 g/mol. The minimum Gasteiger partial charge on any atom is -0.466 e. The molecule has 0 bridgehead atoms. The molecule has 2 unspecified atom stereocenters. The van der Waals surface area contributed by atoms with Gasteiger partial charge >= 0.3 is 5.97 Å². The highest BCUT2D eigenvalue weighted by molar-refractivity contribution is 5.76. The van der Waals surface area contributed by atoms with Crippen molar-refractivity contribution in [3.63, 3.8) is 0 Å². The van der Waals surface area contributed by atoms with E-state index in [2.05, 4.69) is 31.3 Å². The average Bonchev–Trinajstić information content (AvgIpc) is 3.51. The predicted molar refractivity (Wildman–Crippen MR) is 370 cm³/mol. The predicted octanol–water partition coefficient (Wildman–Crippen LogP) is 25.5. The maximum atomic E-state index is 12.5. The Kier molecular flexibility index (Phi) is 72.8. The number of hydrogen-bond acceptors (Lipinski definition) is 5. The van der Waals surface area contributed by atoms with Crippen LogP contribution in [0.2, 0.25) is 0 Å². The van der Waals surface area contributed by atoms with Crippen LogP contribution in [-0.4, -0.2) is 47.4 Å². The molecule has 0 aliphatic carbocycles. The van der Waals surface area contributed by atoms with E-state index in [9.17, 15) is 19.8 Å². The SMILES string of the molecule is CCCCCCCCCCCCCCCCCCCC(=O)OCCCCCCCCCCCCCC/C=C\CCCCCCCCCCCCCCCCCCCC(=O)NC(CO)C(O)CCCCCCCCCCCCCCCCCCC. The number of aliphatic hydroxyl groups excluding tert-OH is 2. The number of unbranched alkanes of at least 4 members (excludes halogenated alkanes) is 61. The third-order valence-corrected chi connectivity index (χ3v) is 18.6. The summed E-state index contributed by atoms with van der Waals surface area (Å²) in [7, 11) is 0. The Balaban J connectivity index is 3.33. The van der Waals surface area contributed by atoms with Gasteiger partial charge in [0.2, 0.25) is 5.91 Å². The fraction of sp³-hybridized carbons (Fsp3) is 0.949. The Labute approximate surface area is 527 Å². The van der Waals surface area contributed by atoms with E-state index in [1.807, 2.05) is 0 Å². The van der Waals surface area contributed by atoms with Crippen molar-refractivity contribution in [3.8, 4) is 0 Å². The molecule has 3 N–H and O–H groups in total. The maximum absolute atomic E-state index is 12.5. The third kappa shape index (κ3) is 69.7. The molecule has 84 heavy (non-hydrogen) atoms. The minimum absolute atomic E-state index is 0.0239. The summed E-state index contributed by atoms with van der Waals surface area (Å²) in [5, 5.41) is 23.4. The van der Waals surface area contributed by atoms with Crippen molar-refractivity contribution in [3.05, 3.63) is 12.2 Å². The second-order valence-electron chi connectivity index (χ2n) is 27.0. The molecule has 6 nitrogen and oxygen atoms in total. The summed E-state index contributed by atoms with van der Waals surface area (Å²) < 4.78 is 5.51. The number of ether oxygens (including phenoxy) is 1. The van der Waals surface area contributed by atoms with E-state index in [1.165, 1.54) is 379 Å². The molecule has 0 radical (unpaired) electrons. The molecule has 0 spiro atoms. The molecular formula is C78H153NO5. The first kappa shape index (κ1) is 82.6. The van der Waals surface area contributed by atoms with Crippen LogP contribution < -0.4 is 5.32 Å². The summed E-state index contributed by atoms with van der Waals surface area (Å²) >= 11 is 0. The van der Waals surface area contributed by atoms with Gasteiger partial charge in [-0.15, -0.1) is 0 Å². The second-order valence-corrected chi connectivity index (χ2v) is 27.0. The Morgan fingerprint density at radius 2 is 0.560 bits per heavy atom. The Hall–Kier alpha value is -1.40. The number of amides is 1. The first-order valence-electron chi connectivity index (χ1n) is 38.9. The van der Waals surface area contributed by atoms with Crippen molar-refractivity contribution in [2.24, 2.45) is 0 Å². The fourth-order valence-corrected chi connectivity index (χ4v) is 12.6. The number of allylic oxidation sites excluding steroid dienone is 2. The van der Waals surface area contributed by atoms with Gasteiger partial charge in [0.05, 0.1) is 25.4 Å². The number of aliphatic hydroxyl groups is 2. The highest BCUT2D eigenvalue weighted by Gasteiger charge is 2.20. The number of nitrogens with one attached hydrogen (secondary N) is 1. The highest BCUT2D eigenvalue weighted by Crippen LogP contribution is 2.20. The van der Waals surface area contributed by atoms with Crippen molar-refractivity contribution in [1.82, 2.24) is 5.32 Å². The molecule has 0 aliphatic heterocycles. The van der Waals surface area contributed by atoms with Crippen molar-refractivity contribution < 1.29 is 24.5 Å². The molecule has 0 aromatic rings. The summed E-state index contributed by atoms with van der Waals surface area (Å²) in [5.41, 5.74) is 0. The van der Waals surface area contributed by atoms with Gasteiger partial charge in [-0.1, -0.05) is 398 Å². The summed E-state index contributed by atoms with van der Waals surface area (Å²) in [6, 6.07) is -0.539. The number of esters is 1. The van der Waals surface area contributed by atoms with Gasteiger partial charge in [0.15, 0.2) is 0 Å². The zero-order valence-corrected chi connectivity index (χ0v) is 57.4. The van der Waals surface area contributed by atoms with Crippen LogP contribution in [0.4, 0.5) is 0 Å². The van der Waals surface area contributed by atoms with Crippen molar-refractivity contribution >= 4 is 11.9 Å². The van der Waals surface area contributed by atoms with E-state index in [1.54, 1.807) is 0 Å². The smallest absolute Gasteiger partial charge is 0.305 e. The van der Waals surface area contributed by atoms with E-state index in [0.29, 0.717) is 25.9 Å². The lowest BCUT2D eigenvalue weighted by atomic mass is 10.0. The standard InChI is InChI=1S/C78H153NO5/c1-3-5-7-9-11-13-15-17-19-38-42-46-50-54-58-62-66-70-76(81)75(74-80)79-77(82)71-67-63-59-55-51-47-43-40-36-34-32-30-28-26-24-22-21-23-25-27-29-31-33-35-37-41-45-49-53-57-61-65-69-73-84-78(83)72-68-64-60-56-52-48-44-39-20-18-16-14-12-10-8-6-4-2/h25,27,75-76,80-81H,3-24,26,28-74H2,1-2H3,(H,79,82)/b27-25-. The minimum atomic E-state index is -0.662. The summed E-state index contributed by atoms with van der Waals surface area (Å²) in [5.74, 6) is -0.00347. The van der Waals surface area contributed by atoms with Gasteiger partial charge in [-0.2, -0.15) is 0 Å². The van der Waals surface area contributed by atoms with Crippen LogP contribution in [0.3, 0.4) is 0 Å². The van der Waals surface area contributed by atoms with Gasteiger partial charge < -0.3 is 20.3 Å². The molecule has 0 aromatic heterocycles. The molecule has 0 aromatic carbocycles. The molecule has 2 atom stereocenters. The van der Waals surface area contributed by atoms with Crippen LogP contribution in [0, 0.1) is 0 Å².